The summed E-state index contributed by atoms with van der Waals surface area (Å²) in [6, 6.07) is 12.2. The van der Waals surface area contributed by atoms with Crippen LogP contribution in [0.3, 0.4) is 0 Å². The Bertz CT molecular complexity index is 611. The Labute approximate surface area is 123 Å². The van der Waals surface area contributed by atoms with E-state index in [1.54, 1.807) is 0 Å². The Morgan fingerprint density at radius 3 is 2.85 bits per heavy atom. The number of para-hydroxylation sites is 1. The smallest absolute Gasteiger partial charge is 0.219 e. The fraction of sp³-hybridized carbons (Fsp3) is 0.312. The number of nitrogens with zero attached hydrogens (tertiary/aromatic N) is 1. The van der Waals surface area contributed by atoms with Gasteiger partial charge in [0.25, 0.3) is 0 Å². The molecule has 0 aliphatic heterocycles. The van der Waals surface area contributed by atoms with Gasteiger partial charge in [-0.15, -0.1) is 0 Å². The van der Waals surface area contributed by atoms with E-state index in [0.29, 0.717) is 22.7 Å². The van der Waals surface area contributed by atoms with Crippen LogP contribution in [0.2, 0.25) is 5.02 Å². The second-order valence-corrected chi connectivity index (χ2v) is 5.55. The van der Waals surface area contributed by atoms with Crippen LogP contribution < -0.4 is 10.1 Å². The summed E-state index contributed by atoms with van der Waals surface area (Å²) in [6.07, 6.45) is 2.57. The first-order valence-corrected chi connectivity index (χ1v) is 7.22. The number of hydrogen-bond acceptors (Lipinski definition) is 3. The molecule has 0 amide bonds. The van der Waals surface area contributed by atoms with Gasteiger partial charge < -0.3 is 10.1 Å². The van der Waals surface area contributed by atoms with Crippen LogP contribution >= 0.6 is 11.6 Å². The summed E-state index contributed by atoms with van der Waals surface area (Å²) in [4.78, 5) is 4.40. The van der Waals surface area contributed by atoms with Crippen molar-refractivity contribution >= 4 is 11.6 Å². The lowest BCUT2D eigenvalue weighted by Gasteiger charge is -2.10. The molecule has 1 aromatic carbocycles. The third-order valence-corrected chi connectivity index (χ3v) is 3.53. The van der Waals surface area contributed by atoms with Gasteiger partial charge >= 0.3 is 0 Å². The second kappa shape index (κ2) is 5.81. The molecule has 0 atom stereocenters. The molecule has 4 heteroatoms. The largest absolute Gasteiger partial charge is 0.437 e. The van der Waals surface area contributed by atoms with Crippen molar-refractivity contribution in [1.82, 2.24) is 10.3 Å². The number of rotatable bonds is 5. The number of aromatic nitrogens is 1. The average Bonchev–Trinajstić information content (AvgIpc) is 3.23. The maximum atomic E-state index is 6.10. The molecule has 0 unspecified atom stereocenters. The van der Waals surface area contributed by atoms with Gasteiger partial charge in [0.1, 0.15) is 5.75 Å². The number of benzene rings is 1. The second-order valence-electron chi connectivity index (χ2n) is 5.14. The molecule has 0 radical (unpaired) electrons. The van der Waals surface area contributed by atoms with Crippen LogP contribution in [0, 0.1) is 6.92 Å². The molecule has 1 heterocycles. The predicted octanol–water partition coefficient (Wildman–Crippen LogP) is 4.09. The van der Waals surface area contributed by atoms with Crippen molar-refractivity contribution < 1.29 is 4.74 Å². The number of aryl methyl sites for hydroxylation is 1. The average molecular weight is 289 g/mol. The minimum Gasteiger partial charge on any atom is -0.437 e. The van der Waals surface area contributed by atoms with Crippen molar-refractivity contribution in [2.24, 2.45) is 0 Å². The lowest BCUT2D eigenvalue weighted by atomic mass is 10.2. The number of hydrogen-bond donors (Lipinski definition) is 1. The van der Waals surface area contributed by atoms with Crippen LogP contribution in [-0.4, -0.2) is 11.0 Å². The third-order valence-electron chi connectivity index (χ3n) is 3.21. The third kappa shape index (κ3) is 3.50. The fourth-order valence-corrected chi connectivity index (χ4v) is 2.23. The first-order valence-electron chi connectivity index (χ1n) is 6.84. The highest BCUT2D eigenvalue weighted by Gasteiger charge is 2.20. The predicted molar refractivity (Wildman–Crippen MR) is 80.4 cm³/mol. The molecule has 0 spiro atoms. The number of halogens is 1. The summed E-state index contributed by atoms with van der Waals surface area (Å²) in [5.41, 5.74) is 2.13. The van der Waals surface area contributed by atoms with Gasteiger partial charge in [-0.3, -0.25) is 0 Å². The monoisotopic (exact) mass is 288 g/mol. The van der Waals surface area contributed by atoms with Gasteiger partial charge in [-0.05, 0) is 43.5 Å². The first-order chi connectivity index (χ1) is 9.70. The van der Waals surface area contributed by atoms with Crippen LogP contribution in [-0.2, 0) is 6.54 Å². The summed E-state index contributed by atoms with van der Waals surface area (Å²) in [5, 5.41) is 4.08. The molecule has 0 bridgehead atoms. The van der Waals surface area contributed by atoms with Crippen molar-refractivity contribution in [2.75, 3.05) is 0 Å². The van der Waals surface area contributed by atoms with Crippen molar-refractivity contribution in [1.29, 1.82) is 0 Å². The summed E-state index contributed by atoms with van der Waals surface area (Å²) >= 11 is 6.10. The van der Waals surface area contributed by atoms with Crippen LogP contribution in [0.15, 0.2) is 36.4 Å². The van der Waals surface area contributed by atoms with E-state index in [0.717, 1.165) is 12.2 Å². The Balaban J connectivity index is 1.76. The molecule has 1 saturated carbocycles. The molecule has 1 aliphatic carbocycles. The van der Waals surface area contributed by atoms with Gasteiger partial charge in [-0.25, -0.2) is 4.98 Å². The molecular formula is C16H17ClN2O. The normalized spacial score (nSPS) is 14.3. The standard InChI is InChI=1S/C16H17ClN2O/c1-11-8-12(10-18-13-6-7-13)9-16(19-11)20-15-5-3-2-4-14(15)17/h2-5,8-9,13,18H,6-7,10H2,1H3. The molecule has 0 saturated heterocycles. The van der Waals surface area contributed by atoms with Crippen molar-refractivity contribution in [3.05, 3.63) is 52.7 Å². The number of nitrogens with one attached hydrogen (secondary N) is 1. The van der Waals surface area contributed by atoms with Crippen molar-refractivity contribution in [2.45, 2.75) is 32.4 Å². The molecule has 1 N–H and O–H groups in total. The summed E-state index contributed by atoms with van der Waals surface area (Å²) in [6.45, 7) is 2.83. The lowest BCUT2D eigenvalue weighted by molar-refractivity contribution is 0.460. The van der Waals surface area contributed by atoms with Gasteiger partial charge in [0, 0.05) is 24.3 Å². The molecule has 1 fully saturated rings. The molecule has 3 rings (SSSR count). The summed E-state index contributed by atoms with van der Waals surface area (Å²) in [7, 11) is 0. The Hall–Kier alpha value is -1.58. The highest BCUT2D eigenvalue weighted by atomic mass is 35.5. The van der Waals surface area contributed by atoms with E-state index in [2.05, 4.69) is 16.4 Å². The Kier molecular flexibility index (Phi) is 3.90. The number of pyridine rings is 1. The van der Waals surface area contributed by atoms with Crippen molar-refractivity contribution in [3.8, 4) is 11.6 Å². The first kappa shape index (κ1) is 13.4. The Morgan fingerprint density at radius 2 is 2.10 bits per heavy atom. The summed E-state index contributed by atoms with van der Waals surface area (Å²) < 4.78 is 5.78. The molecule has 2 aromatic rings. The van der Waals surface area contributed by atoms with E-state index in [1.807, 2.05) is 37.3 Å². The molecule has 104 valence electrons. The highest BCUT2D eigenvalue weighted by Crippen LogP contribution is 2.28. The molecule has 20 heavy (non-hydrogen) atoms. The van der Waals surface area contributed by atoms with Crippen LogP contribution in [0.1, 0.15) is 24.1 Å². The number of ether oxygens (including phenoxy) is 1. The zero-order valence-corrected chi connectivity index (χ0v) is 12.2. The highest BCUT2D eigenvalue weighted by molar-refractivity contribution is 6.32. The maximum absolute atomic E-state index is 6.10. The zero-order chi connectivity index (χ0) is 13.9. The molecule has 3 nitrogen and oxygen atoms in total. The lowest BCUT2D eigenvalue weighted by Crippen LogP contribution is -2.15. The van der Waals surface area contributed by atoms with Gasteiger partial charge in [0.15, 0.2) is 0 Å². The van der Waals surface area contributed by atoms with Gasteiger partial charge in [-0.1, -0.05) is 23.7 Å². The van der Waals surface area contributed by atoms with Crippen LogP contribution in [0.4, 0.5) is 0 Å². The Morgan fingerprint density at radius 1 is 1.30 bits per heavy atom. The van der Waals surface area contributed by atoms with Crippen molar-refractivity contribution in [3.63, 3.8) is 0 Å². The van der Waals surface area contributed by atoms with Gasteiger partial charge in [-0.2, -0.15) is 0 Å². The minimum atomic E-state index is 0.589. The van der Waals surface area contributed by atoms with Crippen LogP contribution in [0.25, 0.3) is 0 Å². The van der Waals surface area contributed by atoms with E-state index in [9.17, 15) is 0 Å². The van der Waals surface area contributed by atoms with E-state index >= 15 is 0 Å². The van der Waals surface area contributed by atoms with E-state index in [4.69, 9.17) is 16.3 Å². The SMILES string of the molecule is Cc1cc(CNC2CC2)cc(Oc2ccccc2Cl)n1. The van der Waals surface area contributed by atoms with Gasteiger partial charge in [0.2, 0.25) is 5.88 Å². The quantitative estimate of drug-likeness (QED) is 0.900. The molecule has 1 aliphatic rings. The van der Waals surface area contributed by atoms with E-state index < -0.39 is 0 Å². The van der Waals surface area contributed by atoms with Crippen LogP contribution in [0.5, 0.6) is 11.6 Å². The van der Waals surface area contributed by atoms with E-state index in [1.165, 1.54) is 18.4 Å². The molecule has 1 aromatic heterocycles. The summed E-state index contributed by atoms with van der Waals surface area (Å²) in [5.74, 6) is 1.22. The minimum absolute atomic E-state index is 0.589. The topological polar surface area (TPSA) is 34.1 Å². The van der Waals surface area contributed by atoms with Gasteiger partial charge in [0.05, 0.1) is 5.02 Å². The zero-order valence-electron chi connectivity index (χ0n) is 11.4. The maximum Gasteiger partial charge on any atom is 0.219 e. The van der Waals surface area contributed by atoms with E-state index in [-0.39, 0.29) is 0 Å². The molecular weight excluding hydrogens is 272 g/mol. The fourth-order valence-electron chi connectivity index (χ4n) is 2.05.